The average molecular weight is 341 g/mol. The monoisotopic (exact) mass is 341 g/mol. The Morgan fingerprint density at radius 3 is 2.39 bits per heavy atom. The molecule has 124 valence electrons. The lowest BCUT2D eigenvalue weighted by molar-refractivity contribution is 0.409. The number of phenols is 1. The van der Waals surface area contributed by atoms with E-state index in [4.69, 9.17) is 0 Å². The molecule has 1 aromatic carbocycles. The van der Waals surface area contributed by atoms with Crippen LogP contribution in [0.4, 0.5) is 8.78 Å². The van der Waals surface area contributed by atoms with Gasteiger partial charge in [0.05, 0.1) is 5.70 Å². The van der Waals surface area contributed by atoms with Gasteiger partial charge < -0.3 is 5.11 Å². The van der Waals surface area contributed by atoms with Gasteiger partial charge in [0.2, 0.25) is 0 Å². The summed E-state index contributed by atoms with van der Waals surface area (Å²) in [5, 5.41) is 9.70. The zero-order valence-corrected chi connectivity index (χ0v) is 13.6. The van der Waals surface area contributed by atoms with Crippen LogP contribution in [0.15, 0.2) is 65.9 Å². The molecule has 0 aliphatic heterocycles. The van der Waals surface area contributed by atoms with Gasteiger partial charge in [0, 0.05) is 11.8 Å². The molecule has 1 N–H and O–H groups in total. The van der Waals surface area contributed by atoms with E-state index in [1.54, 1.807) is 19.9 Å². The molecule has 23 heavy (non-hydrogen) atoms. The molecule has 1 rings (SSSR count). The van der Waals surface area contributed by atoms with Crippen molar-refractivity contribution in [1.29, 1.82) is 0 Å². The summed E-state index contributed by atoms with van der Waals surface area (Å²) in [4.78, 5) is -0.901. The van der Waals surface area contributed by atoms with Crippen LogP contribution in [-0.4, -0.2) is 17.8 Å². The van der Waals surface area contributed by atoms with E-state index in [9.17, 15) is 22.3 Å². The molecule has 0 heterocycles. The molecule has 0 aromatic heterocycles. The first kappa shape index (κ1) is 18.6. The minimum atomic E-state index is -4.51. The van der Waals surface area contributed by atoms with Crippen LogP contribution < -0.4 is 0 Å². The van der Waals surface area contributed by atoms with Gasteiger partial charge in [0.15, 0.2) is 11.6 Å². The topological polar surface area (TPSA) is 57.6 Å². The van der Waals surface area contributed by atoms with Gasteiger partial charge in [0.25, 0.3) is 10.0 Å². The third kappa shape index (κ3) is 3.68. The Hall–Kier alpha value is -2.41. The predicted molar refractivity (Wildman–Crippen MR) is 85.0 cm³/mol. The predicted octanol–water partition coefficient (Wildman–Crippen LogP) is 3.84. The Labute approximate surface area is 134 Å². The van der Waals surface area contributed by atoms with Crippen LogP contribution in [0, 0.1) is 11.6 Å². The number of allylic oxidation sites excluding steroid dienone is 4. The van der Waals surface area contributed by atoms with Crippen LogP contribution in [0.1, 0.15) is 13.8 Å². The molecule has 0 atom stereocenters. The minimum Gasteiger partial charge on any atom is -0.504 e. The number of benzene rings is 1. The second-order valence-corrected chi connectivity index (χ2v) is 6.17. The van der Waals surface area contributed by atoms with E-state index in [1.807, 2.05) is 0 Å². The molecule has 0 amide bonds. The minimum absolute atomic E-state index is 0.0181. The van der Waals surface area contributed by atoms with Crippen molar-refractivity contribution >= 4 is 10.0 Å². The van der Waals surface area contributed by atoms with Crippen molar-refractivity contribution in [3.8, 4) is 5.75 Å². The second-order valence-electron chi connectivity index (χ2n) is 4.41. The number of halogens is 2. The Morgan fingerprint density at radius 2 is 1.91 bits per heavy atom. The zero-order valence-electron chi connectivity index (χ0n) is 12.8. The molecule has 0 unspecified atom stereocenters. The highest BCUT2D eigenvalue weighted by Crippen LogP contribution is 2.33. The lowest BCUT2D eigenvalue weighted by Gasteiger charge is -2.26. The lowest BCUT2D eigenvalue weighted by atomic mass is 10.3. The van der Waals surface area contributed by atoms with E-state index in [2.05, 4.69) is 13.2 Å². The number of nitrogens with zero attached hydrogens (tertiary/aromatic N) is 1. The smallest absolute Gasteiger partial charge is 0.272 e. The van der Waals surface area contributed by atoms with E-state index in [-0.39, 0.29) is 11.4 Å². The van der Waals surface area contributed by atoms with Gasteiger partial charge >= 0.3 is 0 Å². The Balaban J connectivity index is 3.70. The highest BCUT2D eigenvalue weighted by Gasteiger charge is 2.31. The Bertz CT molecular complexity index is 796. The van der Waals surface area contributed by atoms with E-state index < -0.39 is 32.3 Å². The number of hydrogen-bond donors (Lipinski definition) is 1. The SMILES string of the molecule is C=C/C(=C/C)N(C(=C)C=CC)S(=O)(=O)c1cc(F)cc(F)c1O. The number of rotatable bonds is 6. The molecule has 0 fully saturated rings. The van der Waals surface area contributed by atoms with Crippen molar-refractivity contribution in [1.82, 2.24) is 4.31 Å². The standard InChI is InChI=1S/C16H17F2NO3S/c1-5-8-11(4)19(13(6-2)7-3)23(21,22)15-10-12(17)9-14(18)16(15)20/h5-10,20H,2,4H2,1,3H3/b8-5?,13-7-. The molecule has 0 spiro atoms. The highest BCUT2D eigenvalue weighted by molar-refractivity contribution is 7.89. The molecule has 0 radical (unpaired) electrons. The van der Waals surface area contributed by atoms with Gasteiger partial charge in [0.1, 0.15) is 10.7 Å². The van der Waals surface area contributed by atoms with Crippen molar-refractivity contribution in [3.63, 3.8) is 0 Å². The third-order valence-corrected chi connectivity index (χ3v) is 4.66. The number of phenolic OH excluding ortho intramolecular Hbond substituents is 1. The molecule has 0 saturated carbocycles. The van der Waals surface area contributed by atoms with Gasteiger partial charge in [-0.15, -0.1) is 0 Å². The number of hydrogen-bond acceptors (Lipinski definition) is 3. The fourth-order valence-electron chi connectivity index (χ4n) is 1.87. The Kier molecular flexibility index (Phi) is 5.86. The highest BCUT2D eigenvalue weighted by atomic mass is 32.2. The van der Waals surface area contributed by atoms with Crippen LogP contribution in [0.25, 0.3) is 0 Å². The summed E-state index contributed by atoms with van der Waals surface area (Å²) in [6.45, 7) is 10.4. The van der Waals surface area contributed by atoms with Crippen LogP contribution in [-0.2, 0) is 10.0 Å². The molecule has 0 bridgehead atoms. The first-order chi connectivity index (χ1) is 10.7. The first-order valence-electron chi connectivity index (χ1n) is 6.54. The van der Waals surface area contributed by atoms with Gasteiger partial charge in [-0.3, -0.25) is 0 Å². The van der Waals surface area contributed by atoms with Crippen molar-refractivity contribution in [2.75, 3.05) is 0 Å². The largest absolute Gasteiger partial charge is 0.504 e. The van der Waals surface area contributed by atoms with Crippen molar-refractivity contribution < 1.29 is 22.3 Å². The van der Waals surface area contributed by atoms with Gasteiger partial charge in [-0.25, -0.2) is 21.5 Å². The lowest BCUT2D eigenvalue weighted by Crippen LogP contribution is -2.28. The fourth-order valence-corrected chi connectivity index (χ4v) is 3.50. The zero-order chi connectivity index (χ0) is 17.8. The van der Waals surface area contributed by atoms with Crippen molar-refractivity contribution in [2.24, 2.45) is 0 Å². The quantitative estimate of drug-likeness (QED) is 0.800. The summed E-state index contributed by atoms with van der Waals surface area (Å²) < 4.78 is 53.2. The molecular formula is C16H17F2NO3S. The van der Waals surface area contributed by atoms with Crippen LogP contribution in [0.2, 0.25) is 0 Å². The first-order valence-corrected chi connectivity index (χ1v) is 7.98. The molecule has 0 aliphatic carbocycles. The maximum Gasteiger partial charge on any atom is 0.272 e. The van der Waals surface area contributed by atoms with Crippen LogP contribution >= 0.6 is 0 Å². The molecule has 7 heteroatoms. The van der Waals surface area contributed by atoms with Crippen molar-refractivity contribution in [3.05, 3.63) is 72.6 Å². The molecule has 0 saturated heterocycles. The van der Waals surface area contributed by atoms with E-state index in [0.29, 0.717) is 12.1 Å². The summed E-state index contributed by atoms with van der Waals surface area (Å²) in [6.07, 6.45) is 5.63. The van der Waals surface area contributed by atoms with Gasteiger partial charge in [-0.05, 0) is 32.1 Å². The summed E-state index contributed by atoms with van der Waals surface area (Å²) in [7, 11) is -4.51. The summed E-state index contributed by atoms with van der Waals surface area (Å²) in [5.41, 5.74) is 0.140. The number of sulfonamides is 1. The normalized spacial score (nSPS) is 12.4. The summed E-state index contributed by atoms with van der Waals surface area (Å²) in [6, 6.07) is 0.934. The third-order valence-electron chi connectivity index (χ3n) is 2.87. The molecule has 1 aromatic rings. The summed E-state index contributed by atoms with van der Waals surface area (Å²) >= 11 is 0. The number of aromatic hydroxyl groups is 1. The molecule has 0 aliphatic rings. The van der Waals surface area contributed by atoms with Crippen molar-refractivity contribution in [2.45, 2.75) is 18.7 Å². The van der Waals surface area contributed by atoms with Gasteiger partial charge in [-0.2, -0.15) is 0 Å². The summed E-state index contributed by atoms with van der Waals surface area (Å²) in [5.74, 6) is -3.67. The molecular weight excluding hydrogens is 324 g/mol. The van der Waals surface area contributed by atoms with E-state index >= 15 is 0 Å². The maximum absolute atomic E-state index is 13.5. The second kappa shape index (κ2) is 7.23. The van der Waals surface area contributed by atoms with E-state index in [1.165, 1.54) is 18.2 Å². The Morgan fingerprint density at radius 1 is 1.30 bits per heavy atom. The van der Waals surface area contributed by atoms with Gasteiger partial charge in [-0.1, -0.05) is 25.3 Å². The van der Waals surface area contributed by atoms with Crippen LogP contribution in [0.5, 0.6) is 5.75 Å². The average Bonchev–Trinajstić information content (AvgIpc) is 2.47. The molecule has 4 nitrogen and oxygen atoms in total. The van der Waals surface area contributed by atoms with E-state index in [0.717, 1.165) is 4.31 Å². The maximum atomic E-state index is 13.5. The van der Waals surface area contributed by atoms with Crippen LogP contribution in [0.3, 0.4) is 0 Å². The fraction of sp³-hybridized carbons (Fsp3) is 0.125.